The Labute approximate surface area is 213 Å². The average molecular weight is 534 g/mol. The van der Waals surface area contributed by atoms with Gasteiger partial charge in [0.2, 0.25) is 0 Å². The highest BCUT2D eigenvalue weighted by Crippen LogP contribution is 2.23. The molecule has 0 aliphatic heterocycles. The zero-order valence-electron chi connectivity index (χ0n) is 17.8. The molecule has 0 bridgehead atoms. The van der Waals surface area contributed by atoms with E-state index in [0.717, 1.165) is 15.7 Å². The van der Waals surface area contributed by atoms with Crippen LogP contribution in [0.3, 0.4) is 0 Å². The molecule has 4 rings (SSSR count). The summed E-state index contributed by atoms with van der Waals surface area (Å²) < 4.78 is 4.26. The molecule has 1 unspecified atom stereocenters. The van der Waals surface area contributed by atoms with Crippen molar-refractivity contribution in [2.24, 2.45) is 14.1 Å². The number of aromatic nitrogens is 5. The van der Waals surface area contributed by atoms with Gasteiger partial charge in [0.05, 0.1) is 12.4 Å². The van der Waals surface area contributed by atoms with E-state index in [9.17, 15) is 9.59 Å². The molecule has 0 radical (unpaired) electrons. The quantitative estimate of drug-likeness (QED) is 0.411. The highest BCUT2D eigenvalue weighted by molar-refractivity contribution is 6.30. The first-order chi connectivity index (χ1) is 14.5. The molecule has 3 aromatic heterocycles. The zero-order valence-corrected chi connectivity index (χ0v) is 21.0. The Morgan fingerprint density at radius 2 is 1.55 bits per heavy atom. The summed E-state index contributed by atoms with van der Waals surface area (Å²) in [4.78, 5) is 33.1. The van der Waals surface area contributed by atoms with Crippen LogP contribution in [0.25, 0.3) is 11.2 Å². The molecule has 0 aliphatic carbocycles. The normalized spacial score (nSPS) is 11.2. The Bertz CT molecular complexity index is 1300. The third-order valence-corrected chi connectivity index (χ3v) is 5.41. The van der Waals surface area contributed by atoms with Crippen LogP contribution >= 0.6 is 48.8 Å². The van der Waals surface area contributed by atoms with E-state index >= 15 is 0 Å². The largest absolute Gasteiger partial charge is 0.332 e. The lowest BCUT2D eigenvalue weighted by Crippen LogP contribution is -2.37. The minimum Gasteiger partial charge on any atom is -0.323 e. The van der Waals surface area contributed by atoms with Crippen LogP contribution in [0.4, 0.5) is 0 Å². The summed E-state index contributed by atoms with van der Waals surface area (Å²) in [6.07, 6.45) is 5.11. The number of pyridine rings is 1. The van der Waals surface area contributed by atoms with Gasteiger partial charge >= 0.3 is 5.69 Å². The summed E-state index contributed by atoms with van der Waals surface area (Å²) in [5.74, 6) is 0. The minimum atomic E-state index is -0.392. The number of imidazole rings is 1. The van der Waals surface area contributed by atoms with E-state index in [2.05, 4.69) is 15.3 Å². The fraction of sp³-hybridized carbons (Fsp3) is 0.238. The lowest BCUT2D eigenvalue weighted by molar-refractivity contribution is 0.555. The van der Waals surface area contributed by atoms with Gasteiger partial charge in [0.25, 0.3) is 5.56 Å². The van der Waals surface area contributed by atoms with Crippen LogP contribution in [0, 0.1) is 0 Å². The number of hydrogen-bond acceptors (Lipinski definition) is 5. The highest BCUT2D eigenvalue weighted by Gasteiger charge is 2.16. The number of halogens is 4. The number of aryl methyl sites for hydroxylation is 1. The predicted molar refractivity (Wildman–Crippen MR) is 137 cm³/mol. The molecular weight excluding hydrogens is 510 g/mol. The summed E-state index contributed by atoms with van der Waals surface area (Å²) in [6.45, 7) is 1.09. The smallest absolute Gasteiger partial charge is 0.323 e. The molecule has 0 saturated carbocycles. The van der Waals surface area contributed by atoms with E-state index in [1.54, 1.807) is 30.3 Å². The van der Waals surface area contributed by atoms with Gasteiger partial charge < -0.3 is 9.88 Å². The molecule has 1 aromatic carbocycles. The Hall–Kier alpha value is -2.36. The molecule has 3 heterocycles. The molecule has 0 saturated heterocycles. The monoisotopic (exact) mass is 532 g/mol. The van der Waals surface area contributed by atoms with E-state index in [-0.39, 0.29) is 48.8 Å². The number of hydrogen-bond donors (Lipinski definition) is 1. The molecular formula is C21H24Cl4N6O2. The van der Waals surface area contributed by atoms with E-state index in [1.165, 1.54) is 11.6 Å². The molecule has 8 nitrogen and oxygen atoms in total. The Morgan fingerprint density at radius 3 is 2.18 bits per heavy atom. The number of fused-ring (bicyclic) bond motifs is 1. The summed E-state index contributed by atoms with van der Waals surface area (Å²) >= 11 is 6.04. The number of nitrogens with zero attached hydrogens (tertiary/aromatic N) is 5. The third-order valence-electron chi connectivity index (χ3n) is 5.16. The first-order valence-electron chi connectivity index (χ1n) is 9.47. The van der Waals surface area contributed by atoms with Gasteiger partial charge in [-0.1, -0.05) is 23.7 Å². The summed E-state index contributed by atoms with van der Waals surface area (Å²) in [5, 5.41) is 4.22. The number of benzene rings is 1. The lowest BCUT2D eigenvalue weighted by atomic mass is 10.00. The van der Waals surface area contributed by atoms with Crippen molar-refractivity contribution in [1.82, 2.24) is 29.0 Å². The van der Waals surface area contributed by atoms with Crippen LogP contribution in [0.5, 0.6) is 0 Å². The second-order valence-corrected chi connectivity index (χ2v) is 7.47. The van der Waals surface area contributed by atoms with Gasteiger partial charge in [-0.25, -0.2) is 9.78 Å². The van der Waals surface area contributed by atoms with Gasteiger partial charge in [-0.15, -0.1) is 37.2 Å². The molecule has 0 amide bonds. The third kappa shape index (κ3) is 5.77. The molecule has 178 valence electrons. The maximum atomic E-state index is 12.6. The van der Waals surface area contributed by atoms with Gasteiger partial charge in [-0.05, 0) is 35.4 Å². The van der Waals surface area contributed by atoms with Gasteiger partial charge in [0.15, 0.2) is 11.2 Å². The summed E-state index contributed by atoms with van der Waals surface area (Å²) in [5.41, 5.74) is 2.19. The van der Waals surface area contributed by atoms with Gasteiger partial charge in [-0.2, -0.15) is 0 Å². The second-order valence-electron chi connectivity index (χ2n) is 7.04. The molecule has 0 aliphatic rings. The van der Waals surface area contributed by atoms with Crippen molar-refractivity contribution in [1.29, 1.82) is 0 Å². The molecule has 0 fully saturated rings. The molecule has 0 spiro atoms. The van der Waals surface area contributed by atoms with Gasteiger partial charge in [-0.3, -0.25) is 18.9 Å². The number of rotatable bonds is 6. The van der Waals surface area contributed by atoms with Crippen molar-refractivity contribution < 1.29 is 0 Å². The molecule has 1 N–H and O–H groups in total. The molecule has 4 aromatic rings. The highest BCUT2D eigenvalue weighted by atomic mass is 35.5. The fourth-order valence-electron chi connectivity index (χ4n) is 3.54. The van der Waals surface area contributed by atoms with E-state index in [1.807, 2.05) is 36.4 Å². The van der Waals surface area contributed by atoms with E-state index in [0.29, 0.717) is 29.3 Å². The van der Waals surface area contributed by atoms with Crippen molar-refractivity contribution in [3.63, 3.8) is 0 Å². The van der Waals surface area contributed by atoms with Crippen LogP contribution in [0.15, 0.2) is 64.7 Å². The van der Waals surface area contributed by atoms with E-state index < -0.39 is 5.69 Å². The molecule has 12 heteroatoms. The van der Waals surface area contributed by atoms with Crippen molar-refractivity contribution >= 4 is 60.0 Å². The fourth-order valence-corrected chi connectivity index (χ4v) is 3.66. The Balaban J connectivity index is 0.00000181. The SMILES string of the molecule is Cl.Cl.Cl.Cn1c(=O)c2c(ncn2CCNC(c2ccncc2)c2ccc(Cl)cc2)n(C)c1=O. The lowest BCUT2D eigenvalue weighted by Gasteiger charge is -2.20. The van der Waals surface area contributed by atoms with Crippen LogP contribution in [-0.2, 0) is 20.6 Å². The standard InChI is InChI=1S/C21H21ClN6O2.3ClH/c1-26-19-18(20(29)27(2)21(26)30)28(13-25-19)12-11-24-17(15-7-9-23-10-8-15)14-3-5-16(22)6-4-14;;;/h3-10,13,17,24H,11-12H2,1-2H3;3*1H. The van der Waals surface area contributed by atoms with Gasteiger partial charge in [0.1, 0.15) is 0 Å². The Morgan fingerprint density at radius 1 is 0.939 bits per heavy atom. The minimum absolute atomic E-state index is 0. The van der Waals surface area contributed by atoms with Gasteiger partial charge in [0, 0.05) is 44.6 Å². The van der Waals surface area contributed by atoms with E-state index in [4.69, 9.17) is 11.6 Å². The van der Waals surface area contributed by atoms with Crippen LogP contribution in [-0.4, -0.2) is 30.2 Å². The van der Waals surface area contributed by atoms with Crippen LogP contribution < -0.4 is 16.6 Å². The summed E-state index contributed by atoms with van der Waals surface area (Å²) in [6, 6.07) is 11.6. The maximum absolute atomic E-state index is 12.6. The van der Waals surface area contributed by atoms with Crippen molar-refractivity contribution in [3.05, 3.63) is 92.1 Å². The first-order valence-corrected chi connectivity index (χ1v) is 9.85. The Kier molecular flexibility index (Phi) is 10.6. The predicted octanol–water partition coefficient (Wildman–Crippen LogP) is 3.13. The van der Waals surface area contributed by atoms with Crippen molar-refractivity contribution in [2.45, 2.75) is 12.6 Å². The van der Waals surface area contributed by atoms with Crippen LogP contribution in [0.2, 0.25) is 5.02 Å². The molecule has 1 atom stereocenters. The van der Waals surface area contributed by atoms with Crippen LogP contribution in [0.1, 0.15) is 17.2 Å². The second kappa shape index (κ2) is 12.2. The zero-order chi connectivity index (χ0) is 21.3. The maximum Gasteiger partial charge on any atom is 0.332 e. The van der Waals surface area contributed by atoms with Crippen molar-refractivity contribution in [3.8, 4) is 0 Å². The number of nitrogens with one attached hydrogen (secondary N) is 1. The first kappa shape index (κ1) is 28.7. The topological polar surface area (TPSA) is 86.7 Å². The van der Waals surface area contributed by atoms with Crippen molar-refractivity contribution in [2.75, 3.05) is 6.54 Å². The average Bonchev–Trinajstić information content (AvgIpc) is 3.19. The summed E-state index contributed by atoms with van der Waals surface area (Å²) in [7, 11) is 3.08. The molecule has 33 heavy (non-hydrogen) atoms.